The van der Waals surface area contributed by atoms with E-state index in [0.717, 1.165) is 17.8 Å². The summed E-state index contributed by atoms with van der Waals surface area (Å²) in [6.07, 6.45) is 0.973. The maximum Gasteiger partial charge on any atom is 0.243 e. The molecule has 0 unspecified atom stereocenters. The predicted octanol–water partition coefficient (Wildman–Crippen LogP) is 3.20. The van der Waals surface area contributed by atoms with Crippen molar-refractivity contribution in [2.45, 2.75) is 44.0 Å². The number of nitrogens with zero attached hydrogens (tertiary/aromatic N) is 2. The molecule has 1 saturated heterocycles. The second-order valence-corrected chi connectivity index (χ2v) is 10.4. The summed E-state index contributed by atoms with van der Waals surface area (Å²) < 4.78 is 27.8. The molecule has 160 valence electrons. The van der Waals surface area contributed by atoms with E-state index in [9.17, 15) is 13.2 Å². The van der Waals surface area contributed by atoms with E-state index < -0.39 is 10.0 Å². The third kappa shape index (κ3) is 4.43. The Labute approximate surface area is 178 Å². The first-order valence-corrected chi connectivity index (χ1v) is 12.0. The Morgan fingerprint density at radius 3 is 2.33 bits per heavy atom. The molecule has 4 rings (SSSR count). The first-order chi connectivity index (χ1) is 14.3. The van der Waals surface area contributed by atoms with Crippen LogP contribution in [0.3, 0.4) is 0 Å². The molecule has 0 aromatic heterocycles. The van der Waals surface area contributed by atoms with E-state index in [1.54, 1.807) is 22.5 Å². The molecule has 2 aromatic carbocycles. The zero-order valence-electron chi connectivity index (χ0n) is 17.6. The molecule has 1 fully saturated rings. The fourth-order valence-corrected chi connectivity index (χ4v) is 5.54. The van der Waals surface area contributed by atoms with Crippen LogP contribution in [0.2, 0.25) is 0 Å². The van der Waals surface area contributed by atoms with Crippen LogP contribution in [-0.2, 0) is 27.8 Å². The number of carbonyl (C=O) groups excluding carboxylic acids is 1. The van der Waals surface area contributed by atoms with Gasteiger partial charge in [0.15, 0.2) is 0 Å². The van der Waals surface area contributed by atoms with Gasteiger partial charge in [0.05, 0.1) is 4.90 Å². The van der Waals surface area contributed by atoms with Crippen molar-refractivity contribution in [3.8, 4) is 0 Å². The van der Waals surface area contributed by atoms with Crippen molar-refractivity contribution >= 4 is 21.6 Å². The van der Waals surface area contributed by atoms with Crippen molar-refractivity contribution in [2.75, 3.05) is 31.5 Å². The van der Waals surface area contributed by atoms with Crippen LogP contribution in [0.25, 0.3) is 0 Å². The molecule has 0 saturated carbocycles. The van der Waals surface area contributed by atoms with Crippen LogP contribution in [0.5, 0.6) is 0 Å². The predicted molar refractivity (Wildman–Crippen MR) is 118 cm³/mol. The number of nitrogens with one attached hydrogen (secondary N) is 1. The quantitative estimate of drug-likeness (QED) is 0.796. The zero-order valence-corrected chi connectivity index (χ0v) is 18.4. The summed E-state index contributed by atoms with van der Waals surface area (Å²) >= 11 is 0. The summed E-state index contributed by atoms with van der Waals surface area (Å²) in [4.78, 5) is 14.1. The molecule has 0 atom stereocenters. The Balaban J connectivity index is 1.39. The lowest BCUT2D eigenvalue weighted by molar-refractivity contribution is -0.116. The highest BCUT2D eigenvalue weighted by atomic mass is 32.2. The van der Waals surface area contributed by atoms with Crippen LogP contribution in [0.15, 0.2) is 47.4 Å². The van der Waals surface area contributed by atoms with Crippen LogP contribution in [0.1, 0.15) is 42.9 Å². The van der Waals surface area contributed by atoms with Crippen LogP contribution in [-0.4, -0.2) is 49.7 Å². The van der Waals surface area contributed by atoms with Crippen LogP contribution in [0, 0.1) is 0 Å². The second kappa shape index (κ2) is 8.49. The first kappa shape index (κ1) is 21.0. The van der Waals surface area contributed by atoms with Gasteiger partial charge in [0, 0.05) is 44.8 Å². The molecule has 0 radical (unpaired) electrons. The number of anilines is 1. The molecule has 30 heavy (non-hydrogen) atoms. The fourth-order valence-electron chi connectivity index (χ4n) is 4.06. The molecule has 2 aromatic rings. The number of amides is 1. The van der Waals surface area contributed by atoms with Gasteiger partial charge in [-0.3, -0.25) is 9.69 Å². The number of rotatable bonds is 5. The van der Waals surface area contributed by atoms with E-state index in [1.165, 1.54) is 11.1 Å². The standard InChI is InChI=1S/C23H29N3O3S/c1-17(2)19-5-3-18(4-6-19)16-25-11-13-26(14-12-25)30(28,29)21-8-9-22-20(15-21)7-10-23(27)24-22/h3-6,8-9,15,17H,7,10-14,16H2,1-2H3,(H,24,27). The average molecular weight is 428 g/mol. The van der Waals surface area contributed by atoms with E-state index in [1.807, 2.05) is 0 Å². The van der Waals surface area contributed by atoms with Gasteiger partial charge in [-0.25, -0.2) is 8.42 Å². The smallest absolute Gasteiger partial charge is 0.243 e. The lowest BCUT2D eigenvalue weighted by atomic mass is 10.0. The lowest BCUT2D eigenvalue weighted by Crippen LogP contribution is -2.48. The minimum absolute atomic E-state index is 0.0203. The summed E-state index contributed by atoms with van der Waals surface area (Å²) in [5.74, 6) is 0.501. The molecular weight excluding hydrogens is 398 g/mol. The summed E-state index contributed by atoms with van der Waals surface area (Å²) in [7, 11) is -3.53. The van der Waals surface area contributed by atoms with Gasteiger partial charge in [0.2, 0.25) is 15.9 Å². The van der Waals surface area contributed by atoms with Gasteiger partial charge in [-0.05, 0) is 47.2 Å². The van der Waals surface area contributed by atoms with Crippen molar-refractivity contribution in [2.24, 2.45) is 0 Å². The van der Waals surface area contributed by atoms with E-state index in [4.69, 9.17) is 0 Å². The summed E-state index contributed by atoms with van der Waals surface area (Å²) in [6, 6.07) is 13.7. The minimum Gasteiger partial charge on any atom is -0.326 e. The monoisotopic (exact) mass is 427 g/mol. The zero-order chi connectivity index (χ0) is 21.3. The number of benzene rings is 2. The highest BCUT2D eigenvalue weighted by Crippen LogP contribution is 2.27. The maximum absolute atomic E-state index is 13.1. The molecule has 2 heterocycles. The molecule has 1 amide bonds. The van der Waals surface area contributed by atoms with E-state index in [-0.39, 0.29) is 5.91 Å². The Morgan fingerprint density at radius 2 is 1.67 bits per heavy atom. The molecule has 2 aliphatic rings. The third-order valence-corrected chi connectivity index (χ3v) is 7.89. The Morgan fingerprint density at radius 1 is 0.967 bits per heavy atom. The number of sulfonamides is 1. The second-order valence-electron chi connectivity index (χ2n) is 8.44. The first-order valence-electron chi connectivity index (χ1n) is 10.6. The summed E-state index contributed by atoms with van der Waals surface area (Å²) in [6.45, 7) is 7.62. The SMILES string of the molecule is CC(C)c1ccc(CN2CCN(S(=O)(=O)c3ccc4c(c3)CCC(=O)N4)CC2)cc1. The van der Waals surface area contributed by atoms with Gasteiger partial charge >= 0.3 is 0 Å². The highest BCUT2D eigenvalue weighted by molar-refractivity contribution is 7.89. The molecule has 2 aliphatic heterocycles. The lowest BCUT2D eigenvalue weighted by Gasteiger charge is -2.34. The van der Waals surface area contributed by atoms with E-state index >= 15 is 0 Å². The highest BCUT2D eigenvalue weighted by Gasteiger charge is 2.29. The van der Waals surface area contributed by atoms with Crippen LogP contribution < -0.4 is 5.32 Å². The number of hydrogen-bond donors (Lipinski definition) is 1. The van der Waals surface area contributed by atoms with Crippen molar-refractivity contribution in [1.82, 2.24) is 9.21 Å². The largest absolute Gasteiger partial charge is 0.326 e. The van der Waals surface area contributed by atoms with Gasteiger partial charge in [-0.1, -0.05) is 38.1 Å². The Kier molecular flexibility index (Phi) is 5.95. The molecule has 6 nitrogen and oxygen atoms in total. The molecule has 0 aliphatic carbocycles. The van der Waals surface area contributed by atoms with Gasteiger partial charge < -0.3 is 5.32 Å². The number of hydrogen-bond acceptors (Lipinski definition) is 4. The van der Waals surface area contributed by atoms with Gasteiger partial charge in [-0.2, -0.15) is 4.31 Å². The molecule has 7 heteroatoms. The number of aryl methyl sites for hydroxylation is 1. The van der Waals surface area contributed by atoms with Gasteiger partial charge in [-0.15, -0.1) is 0 Å². The van der Waals surface area contributed by atoms with Gasteiger partial charge in [0.1, 0.15) is 0 Å². The number of fused-ring (bicyclic) bond motifs is 1. The molecule has 0 bridgehead atoms. The number of carbonyl (C=O) groups is 1. The third-order valence-electron chi connectivity index (χ3n) is 5.99. The number of piperazine rings is 1. The topological polar surface area (TPSA) is 69.7 Å². The fraction of sp³-hybridized carbons (Fsp3) is 0.435. The maximum atomic E-state index is 13.1. The summed E-state index contributed by atoms with van der Waals surface area (Å²) in [5.41, 5.74) is 4.20. The van der Waals surface area contributed by atoms with Crippen LogP contribution >= 0.6 is 0 Å². The van der Waals surface area contributed by atoms with E-state index in [2.05, 4.69) is 48.3 Å². The van der Waals surface area contributed by atoms with Crippen molar-refractivity contribution in [3.63, 3.8) is 0 Å². The van der Waals surface area contributed by atoms with Crippen molar-refractivity contribution < 1.29 is 13.2 Å². The van der Waals surface area contributed by atoms with Gasteiger partial charge in [0.25, 0.3) is 0 Å². The minimum atomic E-state index is -3.53. The van der Waals surface area contributed by atoms with Crippen molar-refractivity contribution in [3.05, 3.63) is 59.2 Å². The Bertz CT molecular complexity index is 1020. The Hall–Kier alpha value is -2.22. The molecule has 0 spiro atoms. The average Bonchev–Trinajstić information content (AvgIpc) is 2.74. The molecular formula is C23H29N3O3S. The summed E-state index contributed by atoms with van der Waals surface area (Å²) in [5, 5.41) is 2.80. The van der Waals surface area contributed by atoms with E-state index in [0.29, 0.717) is 49.8 Å². The molecule has 1 N–H and O–H groups in total. The normalized spacial score (nSPS) is 18.3. The van der Waals surface area contributed by atoms with Crippen LogP contribution in [0.4, 0.5) is 5.69 Å². The van der Waals surface area contributed by atoms with Crippen molar-refractivity contribution in [1.29, 1.82) is 0 Å².